The Morgan fingerprint density at radius 3 is 1.96 bits per heavy atom. The van der Waals surface area contributed by atoms with Crippen LogP contribution in [0.3, 0.4) is 0 Å². The highest BCUT2D eigenvalue weighted by Crippen LogP contribution is 2.39. The molecule has 0 saturated carbocycles. The molecule has 2 aromatic carbocycles. The number of esters is 1. The molecule has 1 saturated heterocycles. The third-order valence-corrected chi connectivity index (χ3v) is 10.0. The summed E-state index contributed by atoms with van der Waals surface area (Å²) >= 11 is 0. The van der Waals surface area contributed by atoms with Crippen LogP contribution in [0.4, 0.5) is 4.39 Å². The van der Waals surface area contributed by atoms with E-state index in [1.807, 2.05) is 36.4 Å². The fourth-order valence-electron chi connectivity index (χ4n) is 3.81. The van der Waals surface area contributed by atoms with Crippen molar-refractivity contribution in [2.75, 3.05) is 0 Å². The van der Waals surface area contributed by atoms with Crippen LogP contribution in [0, 0.1) is 0 Å². The largest absolute Gasteiger partial charge is 0.433 e. The van der Waals surface area contributed by atoms with Crippen LogP contribution < -0.4 is 10.4 Å². The van der Waals surface area contributed by atoms with E-state index in [-0.39, 0.29) is 11.5 Å². The van der Waals surface area contributed by atoms with Gasteiger partial charge in [-0.1, -0.05) is 81.4 Å². The Labute approximate surface area is 166 Å². The second-order valence-corrected chi connectivity index (χ2v) is 12.3. The van der Waals surface area contributed by atoms with Gasteiger partial charge in [-0.15, -0.1) is 0 Å². The van der Waals surface area contributed by atoms with Gasteiger partial charge in [-0.2, -0.15) is 0 Å². The topological polar surface area (TPSA) is 44.8 Å². The van der Waals surface area contributed by atoms with E-state index in [9.17, 15) is 9.18 Å². The zero-order chi connectivity index (χ0) is 20.4. The Kier molecular flexibility index (Phi) is 6.03. The van der Waals surface area contributed by atoms with E-state index in [2.05, 4.69) is 45.0 Å². The van der Waals surface area contributed by atoms with Crippen LogP contribution in [0.1, 0.15) is 34.1 Å². The Balaban J connectivity index is 2.04. The van der Waals surface area contributed by atoms with E-state index < -0.39 is 33.0 Å². The lowest BCUT2D eigenvalue weighted by Gasteiger charge is -2.44. The number of hydrogen-bond acceptors (Lipinski definition) is 4. The molecule has 1 unspecified atom stereocenters. The van der Waals surface area contributed by atoms with Gasteiger partial charge in [0.1, 0.15) is 0 Å². The van der Waals surface area contributed by atoms with Crippen LogP contribution in [0.5, 0.6) is 0 Å². The summed E-state index contributed by atoms with van der Waals surface area (Å²) in [5.41, 5.74) is 0. The molecule has 0 N–H and O–H groups in total. The standard InChI is InChI=1S/C22H27FO4Si/c1-16(24)25-21-19(23)15-20(26-21)27-28(22(2,3)4,17-11-7-5-8-12-17)18-13-9-6-10-14-18/h5-14,19-21H,15H2,1-4H3/t19-,20-,21?/m1/s1. The van der Waals surface area contributed by atoms with Gasteiger partial charge in [0.2, 0.25) is 6.29 Å². The summed E-state index contributed by atoms with van der Waals surface area (Å²) in [6, 6.07) is 20.2. The maximum Gasteiger partial charge on any atom is 0.305 e. The summed E-state index contributed by atoms with van der Waals surface area (Å²) in [6.45, 7) is 7.67. The fraction of sp³-hybridized carbons (Fsp3) is 0.409. The van der Waals surface area contributed by atoms with Crippen molar-refractivity contribution in [2.24, 2.45) is 0 Å². The SMILES string of the molecule is CC(=O)OC1O[C@H](O[Si](c2ccccc2)(c2ccccc2)C(C)(C)C)C[C@H]1F. The minimum absolute atomic E-state index is 0.0302. The molecule has 0 radical (unpaired) electrons. The second kappa shape index (κ2) is 8.15. The Hall–Kier alpha value is -2.02. The molecule has 3 atom stereocenters. The fourth-order valence-corrected chi connectivity index (χ4v) is 8.38. The number of halogens is 1. The van der Waals surface area contributed by atoms with Gasteiger partial charge in [-0.3, -0.25) is 4.79 Å². The molecule has 2 aromatic rings. The minimum atomic E-state index is -2.85. The molecular formula is C22H27FO4Si. The highest BCUT2D eigenvalue weighted by atomic mass is 28.4. The molecule has 0 bridgehead atoms. The van der Waals surface area contributed by atoms with Crippen molar-refractivity contribution < 1.29 is 23.1 Å². The molecule has 1 aliphatic rings. The van der Waals surface area contributed by atoms with Crippen molar-refractivity contribution in [3.05, 3.63) is 60.7 Å². The van der Waals surface area contributed by atoms with Crippen molar-refractivity contribution >= 4 is 24.7 Å². The molecule has 4 nitrogen and oxygen atoms in total. The Morgan fingerprint density at radius 2 is 1.54 bits per heavy atom. The van der Waals surface area contributed by atoms with Crippen LogP contribution in [0.25, 0.3) is 0 Å². The lowest BCUT2D eigenvalue weighted by molar-refractivity contribution is -0.197. The smallest absolute Gasteiger partial charge is 0.305 e. The minimum Gasteiger partial charge on any atom is -0.433 e. The molecule has 1 heterocycles. The normalized spacial score (nSPS) is 22.8. The van der Waals surface area contributed by atoms with Gasteiger partial charge in [-0.05, 0) is 15.4 Å². The Bertz CT molecular complexity index is 752. The summed E-state index contributed by atoms with van der Waals surface area (Å²) in [4.78, 5) is 11.2. The van der Waals surface area contributed by atoms with E-state index in [1.54, 1.807) is 0 Å². The van der Waals surface area contributed by atoms with Gasteiger partial charge >= 0.3 is 5.97 Å². The van der Waals surface area contributed by atoms with Crippen molar-refractivity contribution in [1.29, 1.82) is 0 Å². The lowest BCUT2D eigenvalue weighted by atomic mass is 10.2. The van der Waals surface area contributed by atoms with Crippen molar-refractivity contribution in [3.63, 3.8) is 0 Å². The molecule has 150 valence electrons. The average molecular weight is 403 g/mol. The predicted octanol–water partition coefficient (Wildman–Crippen LogP) is 3.54. The molecule has 0 amide bonds. The summed E-state index contributed by atoms with van der Waals surface area (Å²) in [5.74, 6) is -0.571. The van der Waals surface area contributed by atoms with Gasteiger partial charge in [-0.25, -0.2) is 4.39 Å². The van der Waals surface area contributed by atoms with E-state index in [1.165, 1.54) is 6.92 Å². The summed E-state index contributed by atoms with van der Waals surface area (Å²) in [6.07, 6.45) is -3.39. The Morgan fingerprint density at radius 1 is 1.04 bits per heavy atom. The van der Waals surface area contributed by atoms with Crippen LogP contribution in [0.2, 0.25) is 5.04 Å². The van der Waals surface area contributed by atoms with E-state index in [4.69, 9.17) is 13.9 Å². The number of alkyl halides is 1. The molecule has 1 fully saturated rings. The summed E-state index contributed by atoms with van der Waals surface area (Å²) in [7, 11) is -2.85. The zero-order valence-corrected chi connectivity index (χ0v) is 17.7. The van der Waals surface area contributed by atoms with E-state index >= 15 is 0 Å². The monoisotopic (exact) mass is 402 g/mol. The number of carbonyl (C=O) groups excluding carboxylic acids is 1. The lowest BCUT2D eigenvalue weighted by Crippen LogP contribution is -2.67. The van der Waals surface area contributed by atoms with Gasteiger partial charge < -0.3 is 13.9 Å². The third kappa shape index (κ3) is 4.04. The highest BCUT2D eigenvalue weighted by Gasteiger charge is 2.53. The first-order chi connectivity index (χ1) is 13.2. The number of ether oxygens (including phenoxy) is 2. The van der Waals surface area contributed by atoms with Gasteiger partial charge in [0.15, 0.2) is 12.5 Å². The van der Waals surface area contributed by atoms with Crippen LogP contribution in [-0.2, 0) is 18.7 Å². The third-order valence-electron chi connectivity index (χ3n) is 5.01. The summed E-state index contributed by atoms with van der Waals surface area (Å²) in [5, 5.41) is 1.93. The predicted molar refractivity (Wildman–Crippen MR) is 109 cm³/mol. The first-order valence-electron chi connectivity index (χ1n) is 9.49. The molecular weight excluding hydrogens is 375 g/mol. The number of rotatable bonds is 5. The first kappa shape index (κ1) is 20.7. The molecule has 0 aliphatic carbocycles. The van der Waals surface area contributed by atoms with E-state index in [0.29, 0.717) is 0 Å². The number of benzene rings is 2. The molecule has 3 rings (SSSR count). The van der Waals surface area contributed by atoms with Crippen molar-refractivity contribution in [3.8, 4) is 0 Å². The first-order valence-corrected chi connectivity index (χ1v) is 11.4. The van der Waals surface area contributed by atoms with Gasteiger partial charge in [0.25, 0.3) is 8.32 Å². The quantitative estimate of drug-likeness (QED) is 0.567. The van der Waals surface area contributed by atoms with Gasteiger partial charge in [0.05, 0.1) is 0 Å². The van der Waals surface area contributed by atoms with Crippen LogP contribution >= 0.6 is 0 Å². The number of hydrogen-bond donors (Lipinski definition) is 0. The van der Waals surface area contributed by atoms with Crippen LogP contribution in [0.15, 0.2) is 60.7 Å². The molecule has 1 aliphatic heterocycles. The maximum absolute atomic E-state index is 14.4. The zero-order valence-electron chi connectivity index (χ0n) is 16.7. The molecule has 28 heavy (non-hydrogen) atoms. The second-order valence-electron chi connectivity index (χ2n) is 8.08. The van der Waals surface area contributed by atoms with Gasteiger partial charge in [0, 0.05) is 13.3 Å². The van der Waals surface area contributed by atoms with E-state index in [0.717, 1.165) is 10.4 Å². The number of carbonyl (C=O) groups is 1. The van der Waals surface area contributed by atoms with Crippen molar-refractivity contribution in [1.82, 2.24) is 0 Å². The summed E-state index contributed by atoms with van der Waals surface area (Å²) < 4.78 is 31.7. The van der Waals surface area contributed by atoms with Crippen LogP contribution in [-0.4, -0.2) is 33.0 Å². The maximum atomic E-state index is 14.4. The van der Waals surface area contributed by atoms with Crippen molar-refractivity contribution in [2.45, 2.75) is 57.9 Å². The molecule has 6 heteroatoms. The highest BCUT2D eigenvalue weighted by molar-refractivity contribution is 6.99. The average Bonchev–Trinajstić information content (AvgIpc) is 2.98. The molecule has 0 spiro atoms. The molecule has 0 aromatic heterocycles.